The number of halogens is 4. The highest BCUT2D eigenvalue weighted by atomic mass is 35.5. The molecular formula is C24H34Cl4N2O2. The second kappa shape index (κ2) is 12.7. The highest BCUT2D eigenvalue weighted by Gasteiger charge is 2.19. The molecule has 0 aliphatic carbocycles. The van der Waals surface area contributed by atoms with Crippen molar-refractivity contribution in [3.8, 4) is 11.5 Å². The number of benzene rings is 2. The molecule has 2 N–H and O–H groups in total. The molecule has 0 aliphatic rings. The van der Waals surface area contributed by atoms with Crippen molar-refractivity contribution in [2.75, 3.05) is 26.2 Å². The van der Waals surface area contributed by atoms with Gasteiger partial charge in [-0.05, 0) is 27.7 Å². The minimum absolute atomic E-state index is 0.0334. The molecule has 0 spiro atoms. The lowest BCUT2D eigenvalue weighted by Crippen LogP contribution is -2.33. The molecule has 0 fully saturated rings. The van der Waals surface area contributed by atoms with E-state index >= 15 is 0 Å². The predicted octanol–water partition coefficient (Wildman–Crippen LogP) is 6.36. The molecule has 180 valence electrons. The van der Waals surface area contributed by atoms with E-state index in [9.17, 15) is 10.2 Å². The first kappa shape index (κ1) is 27.6. The Balaban J connectivity index is 2.32. The SMILES string of the molecule is CC(Cl)CN(Cc1ccc2c(O)c(CN(CC(C)Cl)CC(C)Cl)ccc2c1O)CC(C)Cl. The third-order valence-corrected chi connectivity index (χ3v) is 5.69. The van der Waals surface area contributed by atoms with Crippen molar-refractivity contribution < 1.29 is 10.2 Å². The number of phenolic OH excluding ortho intramolecular Hbond substituents is 2. The lowest BCUT2D eigenvalue weighted by Gasteiger charge is -2.26. The summed E-state index contributed by atoms with van der Waals surface area (Å²) in [6.07, 6.45) is 0. The first-order valence-electron chi connectivity index (χ1n) is 10.9. The normalized spacial score (nSPS) is 15.9. The Hall–Kier alpha value is -0.620. The maximum absolute atomic E-state index is 11.0. The van der Waals surface area contributed by atoms with E-state index in [2.05, 4.69) is 9.80 Å². The summed E-state index contributed by atoms with van der Waals surface area (Å²) in [6.45, 7) is 11.4. The molecule has 32 heavy (non-hydrogen) atoms. The zero-order valence-electron chi connectivity index (χ0n) is 19.2. The van der Waals surface area contributed by atoms with Crippen molar-refractivity contribution in [2.45, 2.75) is 62.3 Å². The minimum atomic E-state index is -0.0334. The fourth-order valence-electron chi connectivity index (χ4n) is 4.03. The minimum Gasteiger partial charge on any atom is -0.507 e. The van der Waals surface area contributed by atoms with Gasteiger partial charge in [0, 0.05) is 82.7 Å². The fraction of sp³-hybridized carbons (Fsp3) is 0.583. The maximum Gasteiger partial charge on any atom is 0.128 e. The van der Waals surface area contributed by atoms with Crippen molar-refractivity contribution in [3.63, 3.8) is 0 Å². The number of phenols is 2. The molecule has 0 radical (unpaired) electrons. The Morgan fingerprint density at radius 2 is 0.875 bits per heavy atom. The summed E-state index contributed by atoms with van der Waals surface area (Å²) in [6, 6.07) is 7.42. The molecule has 0 bridgehead atoms. The van der Waals surface area contributed by atoms with Crippen LogP contribution in [-0.4, -0.2) is 67.7 Å². The van der Waals surface area contributed by atoms with Gasteiger partial charge in [0.2, 0.25) is 0 Å². The number of aromatic hydroxyl groups is 2. The summed E-state index contributed by atoms with van der Waals surface area (Å²) in [4.78, 5) is 4.26. The average Bonchev–Trinajstić information content (AvgIpc) is 2.64. The molecule has 4 atom stereocenters. The molecule has 0 saturated carbocycles. The summed E-state index contributed by atoms with van der Waals surface area (Å²) < 4.78 is 0. The van der Waals surface area contributed by atoms with Crippen LogP contribution in [0.25, 0.3) is 10.8 Å². The second-order valence-electron chi connectivity index (χ2n) is 8.75. The molecule has 2 aromatic rings. The van der Waals surface area contributed by atoms with Crippen LogP contribution < -0.4 is 0 Å². The quantitative estimate of drug-likeness (QED) is 0.317. The van der Waals surface area contributed by atoms with E-state index in [0.29, 0.717) is 50.0 Å². The number of fused-ring (bicyclic) bond motifs is 1. The number of alkyl halides is 4. The Bertz CT molecular complexity index is 783. The van der Waals surface area contributed by atoms with Crippen LogP contribution in [0.5, 0.6) is 11.5 Å². The second-order valence-corrected chi connectivity index (χ2v) is 11.7. The smallest absolute Gasteiger partial charge is 0.128 e. The highest BCUT2D eigenvalue weighted by molar-refractivity contribution is 6.21. The molecule has 8 heteroatoms. The standard InChI is InChI=1S/C24H34Cl4N2O2/c1-15(25)9-29(10-16(2)26)13-19-5-7-22-21(23(19)31)8-6-20(24(22)32)14-30(11-17(3)27)12-18(4)28/h5-8,15-18,31-32H,9-14H2,1-4H3. The van der Waals surface area contributed by atoms with Crippen LogP contribution in [0, 0.1) is 0 Å². The Kier molecular flexibility index (Phi) is 11.0. The molecular weight excluding hydrogens is 490 g/mol. The summed E-state index contributed by atoms with van der Waals surface area (Å²) in [5.74, 6) is 0.332. The third kappa shape index (κ3) is 8.30. The van der Waals surface area contributed by atoms with E-state index in [1.807, 2.05) is 52.0 Å². The Morgan fingerprint density at radius 3 is 1.12 bits per heavy atom. The van der Waals surface area contributed by atoms with Crippen LogP contribution >= 0.6 is 46.4 Å². The lowest BCUT2D eigenvalue weighted by atomic mass is 10.0. The first-order valence-corrected chi connectivity index (χ1v) is 12.7. The van der Waals surface area contributed by atoms with Crippen molar-refractivity contribution in [1.29, 1.82) is 0 Å². The zero-order valence-corrected chi connectivity index (χ0v) is 22.2. The van der Waals surface area contributed by atoms with Gasteiger partial charge in [0.25, 0.3) is 0 Å². The van der Waals surface area contributed by atoms with Gasteiger partial charge < -0.3 is 10.2 Å². The van der Waals surface area contributed by atoms with Gasteiger partial charge in [0.1, 0.15) is 11.5 Å². The van der Waals surface area contributed by atoms with Crippen LogP contribution in [0.2, 0.25) is 0 Å². The maximum atomic E-state index is 11.0. The monoisotopic (exact) mass is 522 g/mol. The summed E-state index contributed by atoms with van der Waals surface area (Å²) in [7, 11) is 0. The van der Waals surface area contributed by atoms with Gasteiger partial charge in [-0.3, -0.25) is 9.80 Å². The Morgan fingerprint density at radius 1 is 0.594 bits per heavy atom. The van der Waals surface area contributed by atoms with Gasteiger partial charge in [-0.15, -0.1) is 46.4 Å². The number of rotatable bonds is 12. The van der Waals surface area contributed by atoms with Crippen LogP contribution in [0.3, 0.4) is 0 Å². The largest absolute Gasteiger partial charge is 0.507 e. The number of nitrogens with zero attached hydrogens (tertiary/aromatic N) is 2. The first-order chi connectivity index (χ1) is 15.0. The van der Waals surface area contributed by atoms with Gasteiger partial charge in [-0.2, -0.15) is 0 Å². The van der Waals surface area contributed by atoms with Gasteiger partial charge in [0.15, 0.2) is 0 Å². The molecule has 0 heterocycles. The molecule has 4 unspecified atom stereocenters. The zero-order chi connectivity index (χ0) is 24.0. The van der Waals surface area contributed by atoms with Crippen molar-refractivity contribution in [2.24, 2.45) is 0 Å². The Labute approximate surface area is 212 Å². The van der Waals surface area contributed by atoms with Crippen molar-refractivity contribution in [1.82, 2.24) is 9.80 Å². The van der Waals surface area contributed by atoms with Crippen molar-refractivity contribution >= 4 is 57.2 Å². The molecule has 2 aromatic carbocycles. The van der Waals surface area contributed by atoms with E-state index in [-0.39, 0.29) is 33.0 Å². The van der Waals surface area contributed by atoms with Gasteiger partial charge >= 0.3 is 0 Å². The molecule has 0 saturated heterocycles. The topological polar surface area (TPSA) is 46.9 Å². The third-order valence-electron chi connectivity index (χ3n) is 5.14. The molecule has 0 aromatic heterocycles. The van der Waals surface area contributed by atoms with Crippen LogP contribution in [0.4, 0.5) is 0 Å². The molecule has 0 aliphatic heterocycles. The van der Waals surface area contributed by atoms with Crippen molar-refractivity contribution in [3.05, 3.63) is 35.4 Å². The molecule has 0 amide bonds. The average molecular weight is 524 g/mol. The fourth-order valence-corrected chi connectivity index (χ4v) is 4.81. The van der Waals surface area contributed by atoms with Gasteiger partial charge in [0.05, 0.1) is 0 Å². The van der Waals surface area contributed by atoms with Gasteiger partial charge in [-0.1, -0.05) is 24.3 Å². The summed E-state index contributed by atoms with van der Waals surface area (Å²) in [5, 5.41) is 23.0. The predicted molar refractivity (Wildman–Crippen MR) is 139 cm³/mol. The van der Waals surface area contributed by atoms with Crippen LogP contribution in [0.1, 0.15) is 38.8 Å². The van der Waals surface area contributed by atoms with Crippen LogP contribution in [-0.2, 0) is 13.1 Å². The van der Waals surface area contributed by atoms with Crippen LogP contribution in [0.15, 0.2) is 24.3 Å². The van der Waals surface area contributed by atoms with E-state index in [4.69, 9.17) is 46.4 Å². The summed E-state index contributed by atoms with van der Waals surface area (Å²) >= 11 is 24.8. The number of hydrogen-bond acceptors (Lipinski definition) is 4. The molecule has 4 nitrogen and oxygen atoms in total. The van der Waals surface area contributed by atoms with E-state index in [0.717, 1.165) is 11.1 Å². The highest BCUT2D eigenvalue weighted by Crippen LogP contribution is 2.37. The molecule has 2 rings (SSSR count). The van der Waals surface area contributed by atoms with E-state index in [1.165, 1.54) is 0 Å². The van der Waals surface area contributed by atoms with E-state index < -0.39 is 0 Å². The number of hydrogen-bond donors (Lipinski definition) is 2. The summed E-state index contributed by atoms with van der Waals surface area (Å²) in [5.41, 5.74) is 1.54. The van der Waals surface area contributed by atoms with E-state index in [1.54, 1.807) is 0 Å². The van der Waals surface area contributed by atoms with Gasteiger partial charge in [-0.25, -0.2) is 0 Å². The lowest BCUT2D eigenvalue weighted by molar-refractivity contribution is 0.266.